The first-order valence-corrected chi connectivity index (χ1v) is 5.26. The molecule has 4 N–H and O–H groups in total. The summed E-state index contributed by atoms with van der Waals surface area (Å²) in [6, 6.07) is 3.43. The monoisotopic (exact) mass is 234 g/mol. The molecule has 1 aliphatic rings. The second-order valence-electron chi connectivity index (χ2n) is 3.68. The van der Waals surface area contributed by atoms with Crippen LogP contribution in [0.3, 0.4) is 0 Å². The Kier molecular flexibility index (Phi) is 3.51. The summed E-state index contributed by atoms with van der Waals surface area (Å²) in [4.78, 5) is 15.0. The van der Waals surface area contributed by atoms with Gasteiger partial charge >= 0.3 is 6.03 Å². The minimum atomic E-state index is -0.278. The van der Waals surface area contributed by atoms with Crippen molar-refractivity contribution in [2.45, 2.75) is 19.1 Å². The molecular formula is C10H14N6O. The topological polar surface area (TPSA) is 90.4 Å². The summed E-state index contributed by atoms with van der Waals surface area (Å²) in [6.07, 6.45) is 4.81. The van der Waals surface area contributed by atoms with Crippen molar-refractivity contribution in [3.05, 3.63) is 30.1 Å². The van der Waals surface area contributed by atoms with Crippen LogP contribution in [-0.4, -0.2) is 29.4 Å². The van der Waals surface area contributed by atoms with Crippen LogP contribution < -0.4 is 21.6 Å². The predicted octanol–water partition coefficient (Wildman–Crippen LogP) is -0.463. The largest absolute Gasteiger partial charge is 0.330 e. The Morgan fingerprint density at radius 2 is 2.24 bits per heavy atom. The predicted molar refractivity (Wildman–Crippen MR) is 63.0 cm³/mol. The molecule has 1 fully saturated rings. The lowest BCUT2D eigenvalue weighted by Gasteiger charge is -2.30. The van der Waals surface area contributed by atoms with Gasteiger partial charge in [-0.3, -0.25) is 15.8 Å². The molecule has 2 atom stereocenters. The van der Waals surface area contributed by atoms with Crippen molar-refractivity contribution in [2.24, 2.45) is 5.10 Å². The molecule has 1 aliphatic heterocycles. The zero-order valence-corrected chi connectivity index (χ0v) is 9.34. The number of hydrazone groups is 1. The Balaban J connectivity index is 1.89. The molecule has 0 aromatic carbocycles. The van der Waals surface area contributed by atoms with E-state index >= 15 is 0 Å². The van der Waals surface area contributed by atoms with Crippen LogP contribution in [0.2, 0.25) is 0 Å². The van der Waals surface area contributed by atoms with E-state index in [-0.39, 0.29) is 18.2 Å². The number of nitrogens with one attached hydrogen (secondary N) is 4. The van der Waals surface area contributed by atoms with Gasteiger partial charge in [-0.05, 0) is 24.6 Å². The van der Waals surface area contributed by atoms with Crippen molar-refractivity contribution in [1.29, 1.82) is 0 Å². The fourth-order valence-electron chi connectivity index (χ4n) is 1.35. The van der Waals surface area contributed by atoms with E-state index in [1.165, 1.54) is 0 Å². The highest BCUT2D eigenvalue weighted by molar-refractivity contribution is 5.79. The molecule has 1 aromatic rings. The Morgan fingerprint density at radius 1 is 1.47 bits per heavy atom. The van der Waals surface area contributed by atoms with Gasteiger partial charge in [-0.2, -0.15) is 5.10 Å². The fraction of sp³-hybridized carbons (Fsp3) is 0.300. The molecule has 0 spiro atoms. The standard InChI is InChI=1S/C10H14N6O/c1-7-9(13-10(17)16-14-7)15-12-6-8-2-4-11-5-3-8/h2-7,9,14-15H,1H3,(H2,13,16,17)/b12-6+. The molecule has 7 heteroatoms. The Hall–Kier alpha value is -2.15. The van der Waals surface area contributed by atoms with Crippen LogP contribution in [0.5, 0.6) is 0 Å². The average molecular weight is 234 g/mol. The lowest BCUT2D eigenvalue weighted by atomic mass is 10.2. The second kappa shape index (κ2) is 5.26. The fourth-order valence-corrected chi connectivity index (χ4v) is 1.35. The van der Waals surface area contributed by atoms with Crippen LogP contribution in [0.15, 0.2) is 29.6 Å². The highest BCUT2D eigenvalue weighted by Crippen LogP contribution is 1.94. The number of aromatic nitrogens is 1. The number of carbonyl (C=O) groups is 1. The maximum absolute atomic E-state index is 11.1. The van der Waals surface area contributed by atoms with Gasteiger partial charge < -0.3 is 5.32 Å². The van der Waals surface area contributed by atoms with Gasteiger partial charge in [-0.1, -0.05) is 0 Å². The second-order valence-corrected chi connectivity index (χ2v) is 3.68. The van der Waals surface area contributed by atoms with Crippen LogP contribution in [0.25, 0.3) is 0 Å². The molecule has 2 unspecified atom stereocenters. The Bertz CT molecular complexity index is 407. The highest BCUT2D eigenvalue weighted by atomic mass is 16.2. The number of nitrogens with zero attached hydrogens (tertiary/aromatic N) is 2. The minimum Gasteiger partial charge on any atom is -0.314 e. The molecule has 1 saturated heterocycles. The van der Waals surface area contributed by atoms with E-state index in [1.54, 1.807) is 18.6 Å². The van der Waals surface area contributed by atoms with Crippen LogP contribution in [0.1, 0.15) is 12.5 Å². The lowest BCUT2D eigenvalue weighted by Crippen LogP contribution is -2.67. The normalized spacial score (nSPS) is 24.2. The van der Waals surface area contributed by atoms with Gasteiger partial charge in [-0.25, -0.2) is 10.2 Å². The molecule has 2 amide bonds. The average Bonchev–Trinajstić information content (AvgIpc) is 2.35. The number of hydrogen-bond donors (Lipinski definition) is 4. The van der Waals surface area contributed by atoms with Crippen molar-refractivity contribution < 1.29 is 4.79 Å². The van der Waals surface area contributed by atoms with Gasteiger partial charge in [0.05, 0.1) is 12.3 Å². The maximum Gasteiger partial charge on any atom is 0.330 e. The van der Waals surface area contributed by atoms with Gasteiger partial charge in [0.1, 0.15) is 6.17 Å². The van der Waals surface area contributed by atoms with Crippen LogP contribution in [0, 0.1) is 0 Å². The van der Waals surface area contributed by atoms with E-state index in [2.05, 4.69) is 31.7 Å². The van der Waals surface area contributed by atoms with Crippen molar-refractivity contribution in [3.63, 3.8) is 0 Å². The smallest absolute Gasteiger partial charge is 0.314 e. The Labute approximate surface area is 98.7 Å². The summed E-state index contributed by atoms with van der Waals surface area (Å²) in [5.74, 6) is 0. The number of carbonyl (C=O) groups excluding carboxylic acids is 1. The Morgan fingerprint density at radius 3 is 3.00 bits per heavy atom. The summed E-state index contributed by atoms with van der Waals surface area (Å²) >= 11 is 0. The summed E-state index contributed by atoms with van der Waals surface area (Å²) in [5, 5.41) is 6.77. The van der Waals surface area contributed by atoms with Crippen LogP contribution in [-0.2, 0) is 0 Å². The SMILES string of the molecule is CC1NNC(=O)NC1N/N=C/c1ccncc1. The molecule has 0 saturated carbocycles. The quantitative estimate of drug-likeness (QED) is 0.420. The third kappa shape index (κ3) is 3.15. The van der Waals surface area contributed by atoms with Gasteiger partial charge in [0, 0.05) is 12.4 Å². The third-order valence-electron chi connectivity index (χ3n) is 2.33. The van der Waals surface area contributed by atoms with Crippen molar-refractivity contribution >= 4 is 12.2 Å². The molecule has 0 bridgehead atoms. The van der Waals surface area contributed by atoms with E-state index < -0.39 is 0 Å². The number of urea groups is 1. The molecule has 0 aliphatic carbocycles. The van der Waals surface area contributed by atoms with Crippen LogP contribution in [0.4, 0.5) is 4.79 Å². The summed E-state index contributed by atoms with van der Waals surface area (Å²) in [6.45, 7) is 1.92. The van der Waals surface area contributed by atoms with E-state index in [0.29, 0.717) is 0 Å². The van der Waals surface area contributed by atoms with E-state index in [9.17, 15) is 4.79 Å². The summed E-state index contributed by atoms with van der Waals surface area (Å²) in [7, 11) is 0. The maximum atomic E-state index is 11.1. The first-order valence-electron chi connectivity index (χ1n) is 5.26. The molecular weight excluding hydrogens is 220 g/mol. The van der Waals surface area contributed by atoms with E-state index in [1.807, 2.05) is 19.1 Å². The molecule has 2 rings (SSSR count). The molecule has 1 aromatic heterocycles. The number of pyridine rings is 1. The number of rotatable bonds is 3. The van der Waals surface area contributed by atoms with E-state index in [0.717, 1.165) is 5.56 Å². The first kappa shape index (κ1) is 11.3. The van der Waals surface area contributed by atoms with Gasteiger partial charge in [0.15, 0.2) is 0 Å². The van der Waals surface area contributed by atoms with Crippen molar-refractivity contribution in [1.82, 2.24) is 26.6 Å². The summed E-state index contributed by atoms with van der Waals surface area (Å²) < 4.78 is 0. The highest BCUT2D eigenvalue weighted by Gasteiger charge is 2.23. The lowest BCUT2D eigenvalue weighted by molar-refractivity contribution is 0.202. The molecule has 90 valence electrons. The zero-order chi connectivity index (χ0) is 12.1. The molecule has 7 nitrogen and oxygen atoms in total. The van der Waals surface area contributed by atoms with Gasteiger partial charge in [-0.15, -0.1) is 0 Å². The zero-order valence-electron chi connectivity index (χ0n) is 9.34. The van der Waals surface area contributed by atoms with Crippen LogP contribution >= 0.6 is 0 Å². The third-order valence-corrected chi connectivity index (χ3v) is 2.33. The van der Waals surface area contributed by atoms with E-state index in [4.69, 9.17) is 0 Å². The van der Waals surface area contributed by atoms with Crippen molar-refractivity contribution in [2.75, 3.05) is 0 Å². The minimum absolute atomic E-state index is 0.0299. The number of hydrazine groups is 1. The number of amides is 2. The van der Waals surface area contributed by atoms with Gasteiger partial charge in [0.25, 0.3) is 0 Å². The molecule has 0 radical (unpaired) electrons. The van der Waals surface area contributed by atoms with Gasteiger partial charge in [0.2, 0.25) is 0 Å². The molecule has 17 heavy (non-hydrogen) atoms. The summed E-state index contributed by atoms with van der Waals surface area (Å²) in [5.41, 5.74) is 9.09. The molecule has 2 heterocycles. The first-order chi connectivity index (χ1) is 8.25. The van der Waals surface area contributed by atoms with Crippen molar-refractivity contribution in [3.8, 4) is 0 Å². The number of hydrogen-bond acceptors (Lipinski definition) is 5.